The quantitative estimate of drug-likeness (QED) is 0.845. The molecule has 0 radical (unpaired) electrons. The highest BCUT2D eigenvalue weighted by atomic mass is 16.5. The number of aryl methyl sites for hydroxylation is 1. The van der Waals surface area contributed by atoms with Crippen molar-refractivity contribution in [1.29, 1.82) is 0 Å². The molecule has 0 spiro atoms. The van der Waals surface area contributed by atoms with E-state index >= 15 is 0 Å². The average molecular weight is 407 g/mol. The summed E-state index contributed by atoms with van der Waals surface area (Å²) in [5, 5.41) is 2.94. The fourth-order valence-corrected chi connectivity index (χ4v) is 4.15. The molecule has 0 saturated carbocycles. The highest BCUT2D eigenvalue weighted by Gasteiger charge is 2.36. The van der Waals surface area contributed by atoms with Crippen LogP contribution in [0.4, 0.5) is 17.1 Å². The molecule has 1 fully saturated rings. The maximum Gasteiger partial charge on any atom is 0.229 e. The highest BCUT2D eigenvalue weighted by molar-refractivity contribution is 6.04. The van der Waals surface area contributed by atoms with Crippen LogP contribution in [-0.2, 0) is 20.8 Å². The number of nitrogens with zero attached hydrogens (tertiary/aromatic N) is 2. The maximum absolute atomic E-state index is 12.8. The van der Waals surface area contributed by atoms with E-state index in [2.05, 4.69) is 5.32 Å². The largest absolute Gasteiger partial charge is 0.497 e. The predicted octanol–water partition coefficient (Wildman–Crippen LogP) is 2.90. The summed E-state index contributed by atoms with van der Waals surface area (Å²) >= 11 is 0. The normalized spacial score (nSPS) is 17.8. The second-order valence-electron chi connectivity index (χ2n) is 7.81. The summed E-state index contributed by atoms with van der Waals surface area (Å²) in [4.78, 5) is 40.6. The van der Waals surface area contributed by atoms with Crippen LogP contribution in [0.5, 0.6) is 5.75 Å². The second kappa shape index (κ2) is 7.82. The lowest BCUT2D eigenvalue weighted by molar-refractivity contribution is -0.122. The number of amides is 3. The number of nitrogens with one attached hydrogen (secondary N) is 1. The van der Waals surface area contributed by atoms with Crippen molar-refractivity contribution in [3.63, 3.8) is 0 Å². The molecule has 0 bridgehead atoms. The molecule has 4 rings (SSSR count). The molecule has 2 aliphatic rings. The van der Waals surface area contributed by atoms with E-state index in [1.807, 2.05) is 37.3 Å². The van der Waals surface area contributed by atoms with Crippen LogP contribution in [0.3, 0.4) is 0 Å². The number of rotatable bonds is 4. The Morgan fingerprint density at radius 1 is 1.17 bits per heavy atom. The van der Waals surface area contributed by atoms with E-state index in [-0.39, 0.29) is 24.1 Å². The summed E-state index contributed by atoms with van der Waals surface area (Å²) in [7, 11) is 1.60. The van der Waals surface area contributed by atoms with Crippen molar-refractivity contribution in [2.75, 3.05) is 35.3 Å². The van der Waals surface area contributed by atoms with Gasteiger partial charge in [-0.2, -0.15) is 0 Å². The van der Waals surface area contributed by atoms with Crippen molar-refractivity contribution < 1.29 is 19.1 Å². The lowest BCUT2D eigenvalue weighted by atomic mass is 10.1. The van der Waals surface area contributed by atoms with Crippen LogP contribution < -0.4 is 19.9 Å². The number of carbonyl (C=O) groups excluding carboxylic acids is 3. The topological polar surface area (TPSA) is 79.0 Å². The van der Waals surface area contributed by atoms with Crippen LogP contribution in [0, 0.1) is 12.8 Å². The Bertz CT molecular complexity index is 1030. The number of carbonyl (C=O) groups is 3. The monoisotopic (exact) mass is 407 g/mol. The van der Waals surface area contributed by atoms with Crippen molar-refractivity contribution in [2.24, 2.45) is 5.92 Å². The lowest BCUT2D eigenvalue weighted by Crippen LogP contribution is -2.28. The summed E-state index contributed by atoms with van der Waals surface area (Å²) < 4.78 is 5.20. The van der Waals surface area contributed by atoms with E-state index in [1.165, 1.54) is 0 Å². The molecule has 0 aromatic heterocycles. The number of hydrogen-bond acceptors (Lipinski definition) is 4. The van der Waals surface area contributed by atoms with Gasteiger partial charge in [0.1, 0.15) is 5.75 Å². The molecule has 156 valence electrons. The Morgan fingerprint density at radius 3 is 2.67 bits per heavy atom. The zero-order chi connectivity index (χ0) is 21.4. The Hall–Kier alpha value is -3.35. The summed E-state index contributed by atoms with van der Waals surface area (Å²) in [6.07, 6.45) is 0.948. The Morgan fingerprint density at radius 2 is 1.97 bits per heavy atom. The number of ether oxygens (including phenoxy) is 1. The number of benzene rings is 2. The molecule has 30 heavy (non-hydrogen) atoms. The molecule has 3 amide bonds. The standard InChI is InChI=1S/C23H25N3O4/c1-14-10-19(30-3)5-6-20(14)24-23(29)17-12-22(28)26(13-17)18-4-7-21-16(11-18)8-9-25(21)15(2)27/h4-7,10-11,17H,8-9,12-13H2,1-3H3,(H,24,29). The van der Waals surface area contributed by atoms with Gasteiger partial charge in [0.25, 0.3) is 0 Å². The first-order valence-electron chi connectivity index (χ1n) is 10.0. The third-order valence-electron chi connectivity index (χ3n) is 5.84. The zero-order valence-corrected chi connectivity index (χ0v) is 17.4. The Balaban J connectivity index is 1.47. The second-order valence-corrected chi connectivity index (χ2v) is 7.81. The van der Waals surface area contributed by atoms with E-state index in [9.17, 15) is 14.4 Å². The minimum atomic E-state index is -0.416. The molecule has 7 heteroatoms. The van der Waals surface area contributed by atoms with Gasteiger partial charge in [0.15, 0.2) is 0 Å². The van der Waals surface area contributed by atoms with E-state index < -0.39 is 5.92 Å². The molecule has 2 aromatic carbocycles. The number of anilines is 3. The van der Waals surface area contributed by atoms with E-state index in [1.54, 1.807) is 29.9 Å². The first kappa shape index (κ1) is 19.9. The summed E-state index contributed by atoms with van der Waals surface area (Å²) in [6, 6.07) is 11.2. The van der Waals surface area contributed by atoms with Crippen molar-refractivity contribution in [3.8, 4) is 5.75 Å². The SMILES string of the molecule is COc1ccc(NC(=O)C2CC(=O)N(c3ccc4c(c3)CCN4C(C)=O)C2)c(C)c1. The Kier molecular flexibility index (Phi) is 5.20. The van der Waals surface area contributed by atoms with E-state index in [0.29, 0.717) is 18.8 Å². The van der Waals surface area contributed by atoms with Crippen LogP contribution in [0.15, 0.2) is 36.4 Å². The molecule has 1 saturated heterocycles. The van der Waals surface area contributed by atoms with Crippen molar-refractivity contribution >= 4 is 34.8 Å². The van der Waals surface area contributed by atoms with Crippen LogP contribution in [0.1, 0.15) is 24.5 Å². The molecule has 1 N–H and O–H groups in total. The van der Waals surface area contributed by atoms with Crippen LogP contribution in [0.25, 0.3) is 0 Å². The molecule has 2 aromatic rings. The smallest absolute Gasteiger partial charge is 0.229 e. The van der Waals surface area contributed by atoms with Gasteiger partial charge in [-0.25, -0.2) is 0 Å². The maximum atomic E-state index is 12.8. The van der Waals surface area contributed by atoms with Gasteiger partial charge in [0.2, 0.25) is 17.7 Å². The van der Waals surface area contributed by atoms with Gasteiger partial charge in [-0.15, -0.1) is 0 Å². The minimum Gasteiger partial charge on any atom is -0.497 e. The van der Waals surface area contributed by atoms with Gasteiger partial charge in [-0.3, -0.25) is 14.4 Å². The zero-order valence-electron chi connectivity index (χ0n) is 17.4. The molecule has 2 aliphatic heterocycles. The summed E-state index contributed by atoms with van der Waals surface area (Å²) in [6.45, 7) is 4.46. The van der Waals surface area contributed by atoms with E-state index in [0.717, 1.165) is 34.7 Å². The number of hydrogen-bond donors (Lipinski definition) is 1. The molecular formula is C23H25N3O4. The summed E-state index contributed by atoms with van der Waals surface area (Å²) in [5.41, 5.74) is 4.35. The van der Waals surface area contributed by atoms with Crippen LogP contribution in [-0.4, -0.2) is 37.9 Å². The fraction of sp³-hybridized carbons (Fsp3) is 0.348. The lowest BCUT2D eigenvalue weighted by Gasteiger charge is -2.19. The molecule has 0 aliphatic carbocycles. The Labute approximate surface area is 175 Å². The molecule has 2 heterocycles. The average Bonchev–Trinajstić information content (AvgIpc) is 3.32. The first-order chi connectivity index (χ1) is 14.4. The van der Waals surface area contributed by atoms with Gasteiger partial charge in [-0.05, 0) is 60.9 Å². The van der Waals surface area contributed by atoms with Crippen LogP contribution >= 0.6 is 0 Å². The van der Waals surface area contributed by atoms with Crippen molar-refractivity contribution in [3.05, 3.63) is 47.5 Å². The van der Waals surface area contributed by atoms with Gasteiger partial charge < -0.3 is 19.9 Å². The van der Waals surface area contributed by atoms with Crippen molar-refractivity contribution in [1.82, 2.24) is 0 Å². The minimum absolute atomic E-state index is 0.0179. The molecule has 1 atom stereocenters. The fourth-order valence-electron chi connectivity index (χ4n) is 4.15. The number of methoxy groups -OCH3 is 1. The van der Waals surface area contributed by atoms with Crippen molar-refractivity contribution in [2.45, 2.75) is 26.7 Å². The molecular weight excluding hydrogens is 382 g/mol. The van der Waals surface area contributed by atoms with Gasteiger partial charge in [0.05, 0.1) is 13.0 Å². The molecule has 7 nitrogen and oxygen atoms in total. The first-order valence-corrected chi connectivity index (χ1v) is 10.0. The third-order valence-corrected chi connectivity index (χ3v) is 5.84. The molecule has 1 unspecified atom stereocenters. The third kappa shape index (κ3) is 3.63. The van der Waals surface area contributed by atoms with Crippen LogP contribution in [0.2, 0.25) is 0 Å². The van der Waals surface area contributed by atoms with Gasteiger partial charge in [-0.1, -0.05) is 0 Å². The number of fused-ring (bicyclic) bond motifs is 1. The highest BCUT2D eigenvalue weighted by Crippen LogP contribution is 2.34. The summed E-state index contributed by atoms with van der Waals surface area (Å²) in [5.74, 6) is 0.101. The van der Waals surface area contributed by atoms with Gasteiger partial charge >= 0.3 is 0 Å². The predicted molar refractivity (Wildman–Crippen MR) is 115 cm³/mol. The van der Waals surface area contributed by atoms with E-state index in [4.69, 9.17) is 4.74 Å². The van der Waals surface area contributed by atoms with Gasteiger partial charge in [0, 0.05) is 43.5 Å².